The second-order valence-electron chi connectivity index (χ2n) is 30.7. The van der Waals surface area contributed by atoms with Crippen LogP contribution in [0.4, 0.5) is 0 Å². The van der Waals surface area contributed by atoms with E-state index in [1.54, 1.807) is 0 Å². The predicted molar refractivity (Wildman–Crippen MR) is 488 cm³/mol. The van der Waals surface area contributed by atoms with E-state index in [4.69, 9.17) is 38.7 Å². The number of rotatable bonds is 11. The minimum Gasteiger partial charge on any atom is -0.456 e. The number of nitrogens with zero attached hydrogens (tertiary/aromatic N) is 6. The van der Waals surface area contributed by atoms with E-state index >= 15 is 0 Å². The molecule has 546 valence electrons. The number of fused-ring (bicyclic) bond motifs is 22. The molecule has 0 fully saturated rings. The van der Waals surface area contributed by atoms with Gasteiger partial charge in [-0.2, -0.15) is 0 Å². The molecule has 4 heterocycles. The molecule has 4 aromatic heterocycles. The molecule has 0 N–H and O–H groups in total. The molecule has 0 unspecified atom stereocenters. The molecule has 0 saturated heterocycles. The summed E-state index contributed by atoms with van der Waals surface area (Å²) in [7, 11) is 0. The first kappa shape index (κ1) is 66.7. The SMILES string of the molecule is c1cc(-c2ccc(-c3nc(-c4cccc(-c5ccc(-c6cc7c8ccccc8c8ccccc8c7c7ccccc67)cc5)c4)nc(-c4ccc5oc6ccccc6c5c4)n3)cc2)cc(-c2nc(-c3ccc(-c4cccc(-c5cc6c7ccccc7c7ccccc7c6c6ccccc56)c4)cc3)nc(-c3ccc4oc5ccccc5c4c3)n2)c1. The number of hydrogen-bond acceptors (Lipinski definition) is 8. The van der Waals surface area contributed by atoms with Gasteiger partial charge in [-0.05, 0) is 221 Å². The number of furan rings is 2. The summed E-state index contributed by atoms with van der Waals surface area (Å²) in [5.41, 5.74) is 19.3. The van der Waals surface area contributed by atoms with Crippen molar-refractivity contribution in [3.05, 3.63) is 388 Å². The molecule has 20 aromatic carbocycles. The maximum absolute atomic E-state index is 6.33. The van der Waals surface area contributed by atoms with Crippen LogP contribution < -0.4 is 0 Å². The van der Waals surface area contributed by atoms with E-state index in [1.807, 2.05) is 60.7 Å². The lowest BCUT2D eigenvalue weighted by atomic mass is 9.87. The quantitative estimate of drug-likeness (QED) is 0.118. The Labute approximate surface area is 676 Å². The van der Waals surface area contributed by atoms with E-state index in [9.17, 15) is 0 Å². The van der Waals surface area contributed by atoms with Gasteiger partial charge in [-0.3, -0.25) is 0 Å². The first-order valence-electron chi connectivity index (χ1n) is 39.9. The highest BCUT2D eigenvalue weighted by atomic mass is 16.3. The highest BCUT2D eigenvalue weighted by Gasteiger charge is 2.23. The van der Waals surface area contributed by atoms with Gasteiger partial charge in [0.25, 0.3) is 0 Å². The molecule has 8 nitrogen and oxygen atoms in total. The van der Waals surface area contributed by atoms with Crippen molar-refractivity contribution >= 4 is 130 Å². The molecule has 0 bridgehead atoms. The molecule has 0 aliphatic rings. The molecule has 0 spiro atoms. The van der Waals surface area contributed by atoms with Crippen LogP contribution in [0.15, 0.2) is 397 Å². The van der Waals surface area contributed by atoms with Gasteiger partial charge in [-0.25, -0.2) is 29.9 Å². The largest absolute Gasteiger partial charge is 0.456 e. The number of aromatic nitrogens is 6. The molecule has 8 heteroatoms. The number of para-hydroxylation sites is 2. The van der Waals surface area contributed by atoms with Crippen molar-refractivity contribution in [2.24, 2.45) is 0 Å². The molecule has 118 heavy (non-hydrogen) atoms. The number of hydrogen-bond donors (Lipinski definition) is 0. The van der Waals surface area contributed by atoms with E-state index in [0.717, 1.165) is 122 Å². The van der Waals surface area contributed by atoms with Gasteiger partial charge >= 0.3 is 0 Å². The summed E-state index contributed by atoms with van der Waals surface area (Å²) in [5, 5.41) is 24.1. The van der Waals surface area contributed by atoms with Crippen LogP contribution >= 0.6 is 0 Å². The molecule has 0 atom stereocenters. The van der Waals surface area contributed by atoms with Crippen LogP contribution in [0.3, 0.4) is 0 Å². The highest BCUT2D eigenvalue weighted by Crippen LogP contribution is 2.47. The lowest BCUT2D eigenvalue weighted by molar-refractivity contribution is 0.668. The van der Waals surface area contributed by atoms with Crippen LogP contribution in [0.25, 0.3) is 254 Å². The number of benzene rings is 20. The molecule has 24 aromatic rings. The fourth-order valence-corrected chi connectivity index (χ4v) is 18.3. The van der Waals surface area contributed by atoms with Crippen LogP contribution in [0.2, 0.25) is 0 Å². The van der Waals surface area contributed by atoms with Crippen LogP contribution in [-0.4, -0.2) is 29.9 Å². The first-order chi connectivity index (χ1) is 58.4. The summed E-state index contributed by atoms with van der Waals surface area (Å²) in [4.78, 5) is 31.9. The van der Waals surface area contributed by atoms with Crippen LogP contribution in [-0.2, 0) is 0 Å². The lowest BCUT2D eigenvalue weighted by Gasteiger charge is -2.16. The Morgan fingerprint density at radius 2 is 0.364 bits per heavy atom. The van der Waals surface area contributed by atoms with Gasteiger partial charge in [0.05, 0.1) is 0 Å². The first-order valence-corrected chi connectivity index (χ1v) is 39.9. The van der Waals surface area contributed by atoms with Gasteiger partial charge < -0.3 is 8.83 Å². The smallest absolute Gasteiger partial charge is 0.164 e. The van der Waals surface area contributed by atoms with E-state index < -0.39 is 0 Å². The molecular formula is C110H64N6O2. The Hall–Kier alpha value is -15.9. The second kappa shape index (κ2) is 26.9. The molecule has 0 aliphatic carbocycles. The summed E-state index contributed by atoms with van der Waals surface area (Å²) >= 11 is 0. The highest BCUT2D eigenvalue weighted by molar-refractivity contribution is 6.34. The second-order valence-corrected chi connectivity index (χ2v) is 30.7. The van der Waals surface area contributed by atoms with Gasteiger partial charge in [0.15, 0.2) is 34.9 Å². The standard InChI is InChI=1S/C110H64N6O2/c1-3-30-83-79(26-1)81-28-5-9-36-89(81)103-91-38-11-7-32-85(91)93(63-97(83)103)68-48-42-65(43-49-68)72-21-18-24-75(59-72)107-112-106(114-110(115-107)78-55-57-102-96(62-78)88-35-14-16-41-100(88)118-102)70-52-46-67(47-53-70)73-22-19-25-76(60-73)108-111-105(113-109(116-108)77-54-56-101-95(61-77)87-34-13-15-40-99(87)117-101)69-50-44-66(45-51-69)71-20-17-23-74(58-71)94-64-98-84-31-4-2-27-80(84)82-29-6-10-37-90(82)104(98)92-39-12-8-33-86(92)94/h1-64H. The fraction of sp³-hybridized carbons (Fsp3) is 0. The summed E-state index contributed by atoms with van der Waals surface area (Å²) in [5.74, 6) is 3.29. The Balaban J connectivity index is 0.572. The zero-order valence-electron chi connectivity index (χ0n) is 63.5. The van der Waals surface area contributed by atoms with E-state index in [1.165, 1.54) is 97.3 Å². The summed E-state index contributed by atoms with van der Waals surface area (Å²) in [6, 6.07) is 138. The van der Waals surface area contributed by atoms with Crippen molar-refractivity contribution in [1.29, 1.82) is 0 Å². The Morgan fingerprint density at radius 3 is 0.746 bits per heavy atom. The Bertz CT molecular complexity index is 8310. The topological polar surface area (TPSA) is 104 Å². The lowest BCUT2D eigenvalue weighted by Crippen LogP contribution is -2.00. The average Bonchev–Trinajstić information content (AvgIpc) is 0.828. The van der Waals surface area contributed by atoms with Crippen LogP contribution in [0.1, 0.15) is 0 Å². The maximum atomic E-state index is 6.33. The van der Waals surface area contributed by atoms with Gasteiger partial charge in [-0.15, -0.1) is 0 Å². The summed E-state index contributed by atoms with van der Waals surface area (Å²) in [6.45, 7) is 0. The van der Waals surface area contributed by atoms with Gasteiger partial charge in [0.2, 0.25) is 0 Å². The molecule has 0 aliphatic heterocycles. The van der Waals surface area contributed by atoms with Gasteiger partial charge in [0.1, 0.15) is 22.3 Å². The minimum absolute atomic E-state index is 0.543. The minimum atomic E-state index is 0.543. The molecule has 0 radical (unpaired) electrons. The van der Waals surface area contributed by atoms with Crippen molar-refractivity contribution < 1.29 is 8.83 Å². The predicted octanol–water partition coefficient (Wildman–Crippen LogP) is 29.4. The van der Waals surface area contributed by atoms with Crippen molar-refractivity contribution in [1.82, 2.24) is 29.9 Å². The zero-order valence-corrected chi connectivity index (χ0v) is 63.5. The summed E-state index contributed by atoms with van der Waals surface area (Å²) < 4.78 is 12.6. The maximum Gasteiger partial charge on any atom is 0.164 e. The van der Waals surface area contributed by atoms with E-state index in [2.05, 4.69) is 328 Å². The fourth-order valence-electron chi connectivity index (χ4n) is 18.3. The third kappa shape index (κ3) is 11.1. The van der Waals surface area contributed by atoms with Crippen molar-refractivity contribution in [2.75, 3.05) is 0 Å². The van der Waals surface area contributed by atoms with E-state index in [0.29, 0.717) is 34.9 Å². The molecule has 0 amide bonds. The zero-order chi connectivity index (χ0) is 77.5. The Kier molecular flexibility index (Phi) is 15.2. The van der Waals surface area contributed by atoms with Crippen LogP contribution in [0.5, 0.6) is 0 Å². The third-order valence-corrected chi connectivity index (χ3v) is 23.9. The van der Waals surface area contributed by atoms with Crippen molar-refractivity contribution in [2.45, 2.75) is 0 Å². The van der Waals surface area contributed by atoms with Gasteiger partial charge in [-0.1, -0.05) is 309 Å². The molecule has 0 saturated carbocycles. The van der Waals surface area contributed by atoms with Crippen molar-refractivity contribution in [3.8, 4) is 124 Å². The third-order valence-electron chi connectivity index (χ3n) is 23.9. The Morgan fingerprint density at radius 1 is 0.127 bits per heavy atom. The molecular weight excluding hydrogens is 1440 g/mol. The average molecular weight is 1500 g/mol. The molecule has 24 rings (SSSR count). The van der Waals surface area contributed by atoms with Gasteiger partial charge in [0, 0.05) is 54.9 Å². The van der Waals surface area contributed by atoms with E-state index in [-0.39, 0.29) is 0 Å². The van der Waals surface area contributed by atoms with Crippen molar-refractivity contribution in [3.63, 3.8) is 0 Å². The normalized spacial score (nSPS) is 11.9. The van der Waals surface area contributed by atoms with Crippen LogP contribution in [0, 0.1) is 0 Å². The summed E-state index contributed by atoms with van der Waals surface area (Å²) in [6.07, 6.45) is 0. The monoisotopic (exact) mass is 1500 g/mol.